The zero-order valence-electron chi connectivity index (χ0n) is 12.4. The van der Waals surface area contributed by atoms with Crippen LogP contribution in [-0.4, -0.2) is 14.5 Å². The minimum atomic E-state index is -3.50. The lowest BCUT2D eigenvalue weighted by atomic mass is 10.0. The molecule has 0 aliphatic heterocycles. The van der Waals surface area contributed by atoms with Crippen molar-refractivity contribution in [2.45, 2.75) is 51.0 Å². The van der Waals surface area contributed by atoms with Crippen LogP contribution in [0.15, 0.2) is 47.0 Å². The maximum atomic E-state index is 12.4. The summed E-state index contributed by atoms with van der Waals surface area (Å²) >= 11 is 0. The third-order valence-corrected chi connectivity index (χ3v) is 4.76. The topological polar surface area (TPSA) is 46.2 Å². The zero-order chi connectivity index (χ0) is 15.2. The smallest absolute Gasteiger partial charge is 0.207 e. The van der Waals surface area contributed by atoms with Gasteiger partial charge in [0.2, 0.25) is 10.0 Å². The first kappa shape index (κ1) is 16.7. The normalized spacial score (nSPS) is 12.8. The van der Waals surface area contributed by atoms with E-state index in [0.717, 1.165) is 30.4 Å². The molecular weight excluding hydrogens is 270 g/mol. The average Bonchev–Trinajstić information content (AvgIpc) is 2.43. The van der Waals surface area contributed by atoms with Crippen molar-refractivity contribution in [1.29, 1.82) is 0 Å². The molecule has 1 rings (SSSR count). The quantitative estimate of drug-likeness (QED) is 0.781. The molecule has 0 radical (unpaired) electrons. The van der Waals surface area contributed by atoms with Crippen LogP contribution >= 0.6 is 0 Å². The van der Waals surface area contributed by atoms with Gasteiger partial charge in [0, 0.05) is 0 Å². The van der Waals surface area contributed by atoms with E-state index in [-0.39, 0.29) is 6.04 Å². The molecule has 0 aliphatic rings. The van der Waals surface area contributed by atoms with E-state index >= 15 is 0 Å². The van der Waals surface area contributed by atoms with Crippen LogP contribution in [0.25, 0.3) is 0 Å². The Labute approximate surface area is 122 Å². The Morgan fingerprint density at radius 3 is 2.45 bits per heavy atom. The minimum absolute atomic E-state index is 0.237. The molecule has 110 valence electrons. The first-order chi connectivity index (χ1) is 9.40. The molecule has 0 spiro atoms. The van der Waals surface area contributed by atoms with Crippen LogP contribution in [0.5, 0.6) is 0 Å². The average molecular weight is 293 g/mol. The van der Waals surface area contributed by atoms with Crippen molar-refractivity contribution >= 4 is 10.0 Å². The van der Waals surface area contributed by atoms with E-state index in [2.05, 4.69) is 24.0 Å². The van der Waals surface area contributed by atoms with E-state index in [1.165, 1.54) is 0 Å². The highest BCUT2D eigenvalue weighted by molar-refractivity contribution is 7.89. The molecule has 4 heteroatoms. The molecule has 0 saturated carbocycles. The molecular formula is C16H23NO2S. The number of hydrogen-bond acceptors (Lipinski definition) is 2. The highest BCUT2D eigenvalue weighted by atomic mass is 32.2. The lowest BCUT2D eigenvalue weighted by molar-refractivity contribution is 0.544. The fourth-order valence-corrected chi connectivity index (χ4v) is 3.17. The van der Waals surface area contributed by atoms with Crippen molar-refractivity contribution in [3.05, 3.63) is 47.7 Å². The SMILES string of the molecule is C=C=C(C)C(CCCC)NS(=O)(=O)c1ccc(C)cc1. The summed E-state index contributed by atoms with van der Waals surface area (Å²) in [5, 5.41) is 0. The number of benzene rings is 1. The maximum absolute atomic E-state index is 12.4. The van der Waals surface area contributed by atoms with Gasteiger partial charge in [-0.25, -0.2) is 13.1 Å². The van der Waals surface area contributed by atoms with Crippen LogP contribution in [-0.2, 0) is 10.0 Å². The molecule has 1 unspecified atom stereocenters. The molecule has 0 aliphatic carbocycles. The van der Waals surface area contributed by atoms with Crippen molar-refractivity contribution in [3.63, 3.8) is 0 Å². The van der Waals surface area contributed by atoms with Gasteiger partial charge in [-0.05, 0) is 38.0 Å². The molecule has 3 nitrogen and oxygen atoms in total. The first-order valence-electron chi connectivity index (χ1n) is 6.86. The van der Waals surface area contributed by atoms with Gasteiger partial charge in [0.25, 0.3) is 0 Å². The molecule has 1 aromatic carbocycles. The van der Waals surface area contributed by atoms with Gasteiger partial charge in [0.15, 0.2) is 0 Å². The van der Waals surface area contributed by atoms with E-state index in [1.54, 1.807) is 24.3 Å². The Kier molecular flexibility index (Phi) is 6.21. The molecule has 1 aromatic rings. The summed E-state index contributed by atoms with van der Waals surface area (Å²) in [6.07, 6.45) is 2.74. The van der Waals surface area contributed by atoms with Crippen LogP contribution in [0, 0.1) is 6.92 Å². The highest BCUT2D eigenvalue weighted by Crippen LogP contribution is 2.15. The van der Waals surface area contributed by atoms with E-state index in [4.69, 9.17) is 0 Å². The molecule has 0 aromatic heterocycles. The number of rotatable bonds is 7. The number of unbranched alkanes of at least 4 members (excludes halogenated alkanes) is 1. The van der Waals surface area contributed by atoms with Gasteiger partial charge in [-0.15, -0.1) is 5.73 Å². The summed E-state index contributed by atoms with van der Waals surface area (Å²) in [6.45, 7) is 9.47. The lowest BCUT2D eigenvalue weighted by Crippen LogP contribution is -2.35. The lowest BCUT2D eigenvalue weighted by Gasteiger charge is -2.18. The van der Waals surface area contributed by atoms with Gasteiger partial charge in [-0.2, -0.15) is 0 Å². The van der Waals surface area contributed by atoms with E-state index in [9.17, 15) is 8.42 Å². The summed E-state index contributed by atoms with van der Waals surface area (Å²) < 4.78 is 27.5. The van der Waals surface area contributed by atoms with Gasteiger partial charge in [0.05, 0.1) is 10.9 Å². The first-order valence-corrected chi connectivity index (χ1v) is 8.34. The number of aryl methyl sites for hydroxylation is 1. The molecule has 0 fully saturated rings. The molecule has 20 heavy (non-hydrogen) atoms. The van der Waals surface area contributed by atoms with Gasteiger partial charge < -0.3 is 0 Å². The summed E-state index contributed by atoms with van der Waals surface area (Å²) in [7, 11) is -3.50. The summed E-state index contributed by atoms with van der Waals surface area (Å²) in [4.78, 5) is 0.293. The Bertz CT molecular complexity index is 581. The molecule has 1 atom stereocenters. The van der Waals surface area contributed by atoms with Crippen LogP contribution in [0.1, 0.15) is 38.7 Å². The highest BCUT2D eigenvalue weighted by Gasteiger charge is 2.20. The van der Waals surface area contributed by atoms with Crippen molar-refractivity contribution in [1.82, 2.24) is 4.72 Å². The third-order valence-electron chi connectivity index (χ3n) is 3.28. The van der Waals surface area contributed by atoms with Crippen LogP contribution < -0.4 is 4.72 Å². The minimum Gasteiger partial charge on any atom is -0.207 e. The maximum Gasteiger partial charge on any atom is 0.241 e. The number of nitrogens with one attached hydrogen (secondary N) is 1. The van der Waals surface area contributed by atoms with Gasteiger partial charge in [-0.3, -0.25) is 0 Å². The van der Waals surface area contributed by atoms with Gasteiger partial charge in [-0.1, -0.05) is 44.0 Å². The summed E-state index contributed by atoms with van der Waals surface area (Å²) in [5.74, 6) is 0. The monoisotopic (exact) mass is 293 g/mol. The second kappa shape index (κ2) is 7.44. The molecule has 0 saturated heterocycles. The molecule has 0 amide bonds. The fraction of sp³-hybridized carbons (Fsp3) is 0.438. The Hall–Kier alpha value is -1.35. The van der Waals surface area contributed by atoms with Gasteiger partial charge in [0.1, 0.15) is 0 Å². The molecule has 0 heterocycles. The van der Waals surface area contributed by atoms with Crippen LogP contribution in [0.3, 0.4) is 0 Å². The van der Waals surface area contributed by atoms with E-state index < -0.39 is 10.0 Å². The van der Waals surface area contributed by atoms with Crippen LogP contribution in [0.4, 0.5) is 0 Å². The second-order valence-corrected chi connectivity index (χ2v) is 6.70. The Morgan fingerprint density at radius 1 is 1.35 bits per heavy atom. The van der Waals surface area contributed by atoms with Crippen molar-refractivity contribution in [2.75, 3.05) is 0 Å². The summed E-state index contributed by atoms with van der Waals surface area (Å²) in [5.41, 5.74) is 4.66. The van der Waals surface area contributed by atoms with Crippen molar-refractivity contribution < 1.29 is 8.42 Å². The van der Waals surface area contributed by atoms with E-state index in [1.807, 2.05) is 13.8 Å². The van der Waals surface area contributed by atoms with Gasteiger partial charge >= 0.3 is 0 Å². The predicted octanol–water partition coefficient (Wildman–Crippen LogP) is 3.56. The Balaban J connectivity index is 2.96. The largest absolute Gasteiger partial charge is 0.241 e. The van der Waals surface area contributed by atoms with Crippen molar-refractivity contribution in [3.8, 4) is 0 Å². The standard InChI is InChI=1S/C16H23NO2S/c1-5-7-8-16(14(4)6-2)17-20(18,19)15-11-9-13(3)10-12-15/h9-12,16-17H,2,5,7-8H2,1,3-4H3. The zero-order valence-corrected chi connectivity index (χ0v) is 13.3. The molecule has 1 N–H and O–H groups in total. The third kappa shape index (κ3) is 4.64. The molecule has 0 bridgehead atoms. The van der Waals surface area contributed by atoms with Crippen LogP contribution in [0.2, 0.25) is 0 Å². The number of hydrogen-bond donors (Lipinski definition) is 1. The fourth-order valence-electron chi connectivity index (χ4n) is 1.87. The Morgan fingerprint density at radius 2 is 1.95 bits per heavy atom. The van der Waals surface area contributed by atoms with E-state index in [0.29, 0.717) is 4.90 Å². The summed E-state index contributed by atoms with van der Waals surface area (Å²) in [6, 6.07) is 6.61. The second-order valence-electron chi connectivity index (χ2n) is 4.99. The predicted molar refractivity (Wildman–Crippen MR) is 83.1 cm³/mol. The van der Waals surface area contributed by atoms with Crippen molar-refractivity contribution in [2.24, 2.45) is 0 Å². The number of sulfonamides is 1.